The predicted octanol–water partition coefficient (Wildman–Crippen LogP) is 0.321. The number of nitrogens with zero attached hydrogens (tertiary/aromatic N) is 5. The number of fused-ring (bicyclic) bond motifs is 1. The van der Waals surface area contributed by atoms with Gasteiger partial charge in [-0.05, 0) is 0 Å². The maximum absolute atomic E-state index is 11.2. The average molecular weight is 289 g/mol. The number of aryl methyl sites for hydroxylation is 1. The van der Waals surface area contributed by atoms with Crippen molar-refractivity contribution >= 4 is 28.6 Å². The van der Waals surface area contributed by atoms with Crippen molar-refractivity contribution in [2.75, 3.05) is 5.73 Å². The summed E-state index contributed by atoms with van der Waals surface area (Å²) in [5.74, 6) is 1.42. The summed E-state index contributed by atoms with van der Waals surface area (Å²) in [6.07, 6.45) is 3.10. The Balaban J connectivity index is 1.87. The van der Waals surface area contributed by atoms with Gasteiger partial charge in [-0.25, -0.2) is 15.0 Å². The molecule has 0 unspecified atom stereocenters. The molecule has 3 N–H and O–H groups in total. The van der Waals surface area contributed by atoms with Crippen LogP contribution in [0.3, 0.4) is 0 Å². The monoisotopic (exact) mass is 289 g/mol. The zero-order valence-corrected chi connectivity index (χ0v) is 11.4. The molecular weight excluding hydrogens is 278 g/mol. The van der Waals surface area contributed by atoms with Gasteiger partial charge in [0.1, 0.15) is 11.6 Å². The van der Waals surface area contributed by atoms with Crippen molar-refractivity contribution in [2.45, 2.75) is 10.9 Å². The largest absolute Gasteiger partial charge is 0.383 e. The van der Waals surface area contributed by atoms with E-state index in [9.17, 15) is 4.79 Å². The van der Waals surface area contributed by atoms with Crippen LogP contribution in [0.5, 0.6) is 0 Å². The molecule has 0 radical (unpaired) electrons. The molecule has 3 heterocycles. The normalized spacial score (nSPS) is 11.1. The summed E-state index contributed by atoms with van der Waals surface area (Å²) in [7, 11) is 1.79. The topological polar surface area (TPSA) is 115 Å². The number of aromatic amines is 1. The number of nitrogen functional groups attached to an aromatic ring is 1. The van der Waals surface area contributed by atoms with Crippen LogP contribution in [-0.4, -0.2) is 29.7 Å². The van der Waals surface area contributed by atoms with E-state index in [1.807, 2.05) is 0 Å². The van der Waals surface area contributed by atoms with E-state index in [-0.39, 0.29) is 5.56 Å². The number of H-pyrrole nitrogens is 1. The predicted molar refractivity (Wildman–Crippen MR) is 75.1 cm³/mol. The molecule has 0 saturated carbocycles. The van der Waals surface area contributed by atoms with Gasteiger partial charge >= 0.3 is 0 Å². The highest BCUT2D eigenvalue weighted by atomic mass is 32.2. The second kappa shape index (κ2) is 4.93. The molecule has 3 aromatic rings. The summed E-state index contributed by atoms with van der Waals surface area (Å²) < 4.78 is 1.64. The van der Waals surface area contributed by atoms with E-state index in [4.69, 9.17) is 5.73 Å². The third-order valence-electron chi connectivity index (χ3n) is 2.65. The number of nitrogens with one attached hydrogen (secondary N) is 1. The van der Waals surface area contributed by atoms with Crippen molar-refractivity contribution in [1.82, 2.24) is 29.7 Å². The Kier molecular flexibility index (Phi) is 3.11. The van der Waals surface area contributed by atoms with Gasteiger partial charge in [0, 0.05) is 19.3 Å². The fraction of sp³-hybridized carbons (Fsp3) is 0.182. The standard InChI is InChI=1S/C11H11N7OS/c1-18-10-6(4-14-18)9(12)15-7(16-10)5-20-11-13-3-2-8(19)17-11/h2-4H,5H2,1H3,(H2,12,15,16)(H,13,17,19). The van der Waals surface area contributed by atoms with Crippen LogP contribution < -0.4 is 11.3 Å². The molecule has 0 bridgehead atoms. The first-order chi connectivity index (χ1) is 9.63. The number of nitrogens with two attached hydrogens (primary N) is 1. The number of anilines is 1. The molecule has 0 aliphatic rings. The highest BCUT2D eigenvalue weighted by Crippen LogP contribution is 2.20. The van der Waals surface area contributed by atoms with Gasteiger partial charge < -0.3 is 10.7 Å². The van der Waals surface area contributed by atoms with Gasteiger partial charge in [-0.2, -0.15) is 5.10 Å². The van der Waals surface area contributed by atoms with E-state index < -0.39 is 0 Å². The molecule has 0 spiro atoms. The summed E-state index contributed by atoms with van der Waals surface area (Å²) >= 11 is 1.34. The lowest BCUT2D eigenvalue weighted by Crippen LogP contribution is -2.06. The zero-order valence-electron chi connectivity index (χ0n) is 10.6. The molecule has 3 aromatic heterocycles. The smallest absolute Gasteiger partial charge is 0.251 e. The third kappa shape index (κ3) is 2.35. The molecule has 0 saturated heterocycles. The Hall–Kier alpha value is -2.42. The molecule has 0 fully saturated rings. The first-order valence-electron chi connectivity index (χ1n) is 5.76. The van der Waals surface area contributed by atoms with Gasteiger partial charge in [0.2, 0.25) is 0 Å². The molecule has 8 nitrogen and oxygen atoms in total. The highest BCUT2D eigenvalue weighted by Gasteiger charge is 2.09. The van der Waals surface area contributed by atoms with Crippen LogP contribution in [0.25, 0.3) is 11.0 Å². The molecule has 0 aliphatic heterocycles. The molecule has 20 heavy (non-hydrogen) atoms. The van der Waals surface area contributed by atoms with Crippen LogP contribution in [0.1, 0.15) is 5.82 Å². The van der Waals surface area contributed by atoms with Crippen LogP contribution in [-0.2, 0) is 12.8 Å². The first kappa shape index (κ1) is 12.6. The van der Waals surface area contributed by atoms with Crippen molar-refractivity contribution in [3.8, 4) is 0 Å². The van der Waals surface area contributed by atoms with Crippen molar-refractivity contribution in [2.24, 2.45) is 7.05 Å². The lowest BCUT2D eigenvalue weighted by atomic mass is 10.4. The average Bonchev–Trinajstić information content (AvgIpc) is 2.79. The molecule has 0 amide bonds. The Bertz CT molecular complexity index is 825. The van der Waals surface area contributed by atoms with Crippen molar-refractivity contribution in [3.05, 3.63) is 34.6 Å². The summed E-state index contributed by atoms with van der Waals surface area (Å²) in [5.41, 5.74) is 6.37. The summed E-state index contributed by atoms with van der Waals surface area (Å²) in [6.45, 7) is 0. The number of rotatable bonds is 3. The van der Waals surface area contributed by atoms with E-state index in [2.05, 4.69) is 25.0 Å². The maximum atomic E-state index is 11.2. The fourth-order valence-electron chi connectivity index (χ4n) is 1.71. The first-order valence-corrected chi connectivity index (χ1v) is 6.74. The maximum Gasteiger partial charge on any atom is 0.251 e. The van der Waals surface area contributed by atoms with Crippen LogP contribution in [0.2, 0.25) is 0 Å². The highest BCUT2D eigenvalue weighted by molar-refractivity contribution is 7.98. The molecule has 3 rings (SSSR count). The Morgan fingerprint density at radius 3 is 3.10 bits per heavy atom. The molecular formula is C11H11N7OS. The summed E-state index contributed by atoms with van der Waals surface area (Å²) in [4.78, 5) is 26.5. The van der Waals surface area contributed by atoms with Crippen LogP contribution in [0.4, 0.5) is 5.82 Å². The van der Waals surface area contributed by atoms with Gasteiger partial charge in [0.25, 0.3) is 5.56 Å². The van der Waals surface area contributed by atoms with E-state index in [1.54, 1.807) is 17.9 Å². The Morgan fingerprint density at radius 2 is 2.30 bits per heavy atom. The van der Waals surface area contributed by atoms with Gasteiger partial charge in [-0.1, -0.05) is 11.8 Å². The van der Waals surface area contributed by atoms with Crippen LogP contribution in [0.15, 0.2) is 28.4 Å². The second-order valence-corrected chi connectivity index (χ2v) is 5.02. The number of aromatic nitrogens is 6. The van der Waals surface area contributed by atoms with Crippen LogP contribution in [0, 0.1) is 0 Å². The van der Waals surface area contributed by atoms with E-state index in [1.165, 1.54) is 24.0 Å². The minimum Gasteiger partial charge on any atom is -0.383 e. The van der Waals surface area contributed by atoms with Gasteiger partial charge in [-0.3, -0.25) is 9.48 Å². The third-order valence-corrected chi connectivity index (χ3v) is 3.54. The summed E-state index contributed by atoms with van der Waals surface area (Å²) in [6, 6.07) is 1.36. The lowest BCUT2D eigenvalue weighted by Gasteiger charge is -2.03. The molecule has 9 heteroatoms. The molecule has 0 aliphatic carbocycles. The van der Waals surface area contributed by atoms with Gasteiger partial charge in [-0.15, -0.1) is 0 Å². The Labute approximate surface area is 117 Å². The van der Waals surface area contributed by atoms with Crippen molar-refractivity contribution in [3.63, 3.8) is 0 Å². The van der Waals surface area contributed by atoms with Crippen molar-refractivity contribution < 1.29 is 0 Å². The second-order valence-electron chi connectivity index (χ2n) is 4.06. The SMILES string of the molecule is Cn1ncc2c(N)nc(CSc3nccc(=O)[nH]3)nc21. The lowest BCUT2D eigenvalue weighted by molar-refractivity contribution is 0.782. The number of thioether (sulfide) groups is 1. The molecule has 0 atom stereocenters. The zero-order chi connectivity index (χ0) is 14.1. The molecule has 0 aromatic carbocycles. The Morgan fingerprint density at radius 1 is 1.45 bits per heavy atom. The minimum atomic E-state index is -0.190. The van der Waals surface area contributed by atoms with Crippen molar-refractivity contribution in [1.29, 1.82) is 0 Å². The quantitative estimate of drug-likeness (QED) is 0.527. The molecule has 102 valence electrons. The van der Waals surface area contributed by atoms with E-state index in [0.29, 0.717) is 28.2 Å². The van der Waals surface area contributed by atoms with E-state index in [0.717, 1.165) is 5.39 Å². The summed E-state index contributed by atoms with van der Waals surface area (Å²) in [5, 5.41) is 5.34. The van der Waals surface area contributed by atoms with Gasteiger partial charge in [0.05, 0.1) is 17.3 Å². The van der Waals surface area contributed by atoms with Crippen LogP contribution >= 0.6 is 11.8 Å². The number of hydrogen-bond acceptors (Lipinski definition) is 7. The fourth-order valence-corrected chi connectivity index (χ4v) is 2.42. The van der Waals surface area contributed by atoms with Gasteiger partial charge in [0.15, 0.2) is 10.8 Å². The number of hydrogen-bond donors (Lipinski definition) is 2. The van der Waals surface area contributed by atoms with E-state index >= 15 is 0 Å². The minimum absolute atomic E-state index is 0.190.